The first-order valence-electron chi connectivity index (χ1n) is 11.8. The fourth-order valence-electron chi connectivity index (χ4n) is 6.54. The third kappa shape index (κ3) is 3.38. The molecule has 0 unspecified atom stereocenters. The number of ether oxygens (including phenoxy) is 2. The van der Waals surface area contributed by atoms with Gasteiger partial charge in [-0.2, -0.15) is 0 Å². The second kappa shape index (κ2) is 7.77. The van der Waals surface area contributed by atoms with E-state index in [9.17, 15) is 0 Å². The molecule has 2 bridgehead atoms. The van der Waals surface area contributed by atoms with Gasteiger partial charge in [0.25, 0.3) is 0 Å². The maximum atomic E-state index is 6.36. The van der Waals surface area contributed by atoms with Gasteiger partial charge in [-0.1, -0.05) is 19.1 Å². The van der Waals surface area contributed by atoms with Crippen molar-refractivity contribution in [2.24, 2.45) is 23.7 Å². The van der Waals surface area contributed by atoms with Crippen molar-refractivity contribution in [3.05, 3.63) is 29.8 Å². The minimum absolute atomic E-state index is 0.286. The van der Waals surface area contributed by atoms with E-state index >= 15 is 0 Å². The molecule has 5 nitrogen and oxygen atoms in total. The Bertz CT molecular complexity index is 752. The highest BCUT2D eigenvalue weighted by molar-refractivity contribution is 5.45. The number of anilines is 1. The molecule has 0 aromatic heterocycles. The van der Waals surface area contributed by atoms with Crippen molar-refractivity contribution in [2.45, 2.75) is 76.5 Å². The maximum absolute atomic E-state index is 6.36. The monoisotopic (exact) mass is 415 g/mol. The van der Waals surface area contributed by atoms with Crippen LogP contribution in [0.4, 0.5) is 5.69 Å². The van der Waals surface area contributed by atoms with Crippen molar-refractivity contribution in [2.75, 3.05) is 25.6 Å². The summed E-state index contributed by atoms with van der Waals surface area (Å²) in [5.74, 6) is 1.37. The van der Waals surface area contributed by atoms with Gasteiger partial charge in [0.2, 0.25) is 5.79 Å². The standard InChI is InChI=1S/C25H37NO4/c1-17-8-13-22-19(7-5-6-18-9-11-20(12-10-18)26(3)4)16-27-23-25(22)21(17)14-15-24(2,28-23)29-30-25/h9-12,17,19,21-23H,5-8,13-16H2,1-4H3/t17-,19+,21+,22+,23-,24+,25-/m1/s1. The molecule has 0 radical (unpaired) electrons. The molecule has 4 aliphatic heterocycles. The van der Waals surface area contributed by atoms with Gasteiger partial charge in [0.1, 0.15) is 0 Å². The molecule has 4 heterocycles. The van der Waals surface area contributed by atoms with Crippen LogP contribution in [0, 0.1) is 23.7 Å². The minimum atomic E-state index is -0.664. The highest BCUT2D eigenvalue weighted by atomic mass is 17.3. The van der Waals surface area contributed by atoms with Crippen LogP contribution in [-0.4, -0.2) is 38.4 Å². The molecule has 1 aromatic rings. The molecule has 5 aliphatic rings. The molecular formula is C25H37NO4. The topological polar surface area (TPSA) is 40.2 Å². The Morgan fingerprint density at radius 3 is 2.60 bits per heavy atom. The lowest BCUT2D eigenvalue weighted by Gasteiger charge is -2.59. The predicted molar refractivity (Wildman–Crippen MR) is 116 cm³/mol. The summed E-state index contributed by atoms with van der Waals surface area (Å²) in [7, 11) is 4.17. The van der Waals surface area contributed by atoms with E-state index in [-0.39, 0.29) is 6.29 Å². The van der Waals surface area contributed by atoms with Gasteiger partial charge < -0.3 is 14.4 Å². The smallest absolute Gasteiger partial charge is 0.201 e. The molecule has 0 amide bonds. The lowest BCUT2D eigenvalue weighted by Crippen LogP contribution is -2.69. The van der Waals surface area contributed by atoms with Crippen molar-refractivity contribution >= 4 is 5.69 Å². The van der Waals surface area contributed by atoms with Crippen LogP contribution in [0.1, 0.15) is 57.9 Å². The lowest BCUT2D eigenvalue weighted by molar-refractivity contribution is -0.567. The molecule has 5 heteroatoms. The van der Waals surface area contributed by atoms with E-state index in [2.05, 4.69) is 50.2 Å². The molecule has 1 spiro atoms. The first-order valence-corrected chi connectivity index (χ1v) is 11.8. The molecule has 166 valence electrons. The average molecular weight is 416 g/mol. The van der Waals surface area contributed by atoms with E-state index in [0.29, 0.717) is 23.7 Å². The van der Waals surface area contributed by atoms with Crippen LogP contribution in [0.2, 0.25) is 0 Å². The Morgan fingerprint density at radius 2 is 1.83 bits per heavy atom. The molecule has 1 aliphatic carbocycles. The summed E-state index contributed by atoms with van der Waals surface area (Å²) in [5, 5.41) is 0. The van der Waals surface area contributed by atoms with Crippen molar-refractivity contribution < 1.29 is 19.2 Å². The fourth-order valence-corrected chi connectivity index (χ4v) is 6.54. The van der Waals surface area contributed by atoms with Gasteiger partial charge in [-0.15, -0.1) is 0 Å². The molecule has 1 saturated carbocycles. The third-order valence-electron chi connectivity index (χ3n) is 8.30. The Hall–Kier alpha value is -1.14. The number of benzene rings is 1. The van der Waals surface area contributed by atoms with Gasteiger partial charge in [0, 0.05) is 32.1 Å². The third-order valence-corrected chi connectivity index (χ3v) is 8.30. The second-order valence-corrected chi connectivity index (χ2v) is 10.5. The summed E-state index contributed by atoms with van der Waals surface area (Å²) >= 11 is 0. The van der Waals surface area contributed by atoms with E-state index in [1.807, 2.05) is 6.92 Å². The largest absolute Gasteiger partial charge is 0.378 e. The summed E-state index contributed by atoms with van der Waals surface area (Å²) in [6, 6.07) is 8.95. The second-order valence-electron chi connectivity index (χ2n) is 10.5. The van der Waals surface area contributed by atoms with E-state index in [4.69, 9.17) is 19.2 Å². The number of hydrogen-bond donors (Lipinski definition) is 0. The van der Waals surface area contributed by atoms with Gasteiger partial charge in [0.15, 0.2) is 11.9 Å². The van der Waals surface area contributed by atoms with Crippen LogP contribution in [0.25, 0.3) is 0 Å². The molecule has 30 heavy (non-hydrogen) atoms. The Balaban J connectivity index is 1.29. The van der Waals surface area contributed by atoms with Gasteiger partial charge in [-0.05, 0) is 80.9 Å². The van der Waals surface area contributed by atoms with Gasteiger partial charge in [-0.3, -0.25) is 0 Å². The number of hydrogen-bond acceptors (Lipinski definition) is 5. The summed E-state index contributed by atoms with van der Waals surface area (Å²) in [4.78, 5) is 14.3. The fraction of sp³-hybridized carbons (Fsp3) is 0.760. The first kappa shape index (κ1) is 20.7. The van der Waals surface area contributed by atoms with E-state index < -0.39 is 11.4 Å². The van der Waals surface area contributed by atoms with Crippen LogP contribution in [-0.2, 0) is 25.7 Å². The maximum Gasteiger partial charge on any atom is 0.201 e. The first-order chi connectivity index (χ1) is 14.4. The van der Waals surface area contributed by atoms with E-state index in [1.165, 1.54) is 30.5 Å². The molecule has 1 aromatic carbocycles. The van der Waals surface area contributed by atoms with Crippen LogP contribution >= 0.6 is 0 Å². The highest BCUT2D eigenvalue weighted by Gasteiger charge is 2.68. The average Bonchev–Trinajstić information content (AvgIpc) is 2.97. The summed E-state index contributed by atoms with van der Waals surface area (Å²) in [6.07, 6.45) is 7.59. The lowest BCUT2D eigenvalue weighted by atomic mass is 9.57. The molecule has 0 N–H and O–H groups in total. The van der Waals surface area contributed by atoms with E-state index in [0.717, 1.165) is 32.3 Å². The number of rotatable bonds is 5. The van der Waals surface area contributed by atoms with Gasteiger partial charge >= 0.3 is 0 Å². The van der Waals surface area contributed by atoms with Crippen molar-refractivity contribution in [3.8, 4) is 0 Å². The van der Waals surface area contributed by atoms with Gasteiger partial charge in [0.05, 0.1) is 6.61 Å². The van der Waals surface area contributed by atoms with Gasteiger partial charge in [-0.25, -0.2) is 9.78 Å². The zero-order valence-corrected chi connectivity index (χ0v) is 18.9. The molecule has 4 saturated heterocycles. The van der Waals surface area contributed by atoms with E-state index in [1.54, 1.807) is 0 Å². The minimum Gasteiger partial charge on any atom is -0.378 e. The number of nitrogens with zero attached hydrogens (tertiary/aromatic N) is 1. The number of aryl methyl sites for hydroxylation is 1. The van der Waals surface area contributed by atoms with Crippen LogP contribution in [0.3, 0.4) is 0 Å². The quantitative estimate of drug-likeness (QED) is 0.637. The Kier molecular flexibility index (Phi) is 5.37. The zero-order chi connectivity index (χ0) is 20.9. The Labute approximate surface area is 180 Å². The predicted octanol–water partition coefficient (Wildman–Crippen LogP) is 4.94. The molecule has 5 fully saturated rings. The Morgan fingerprint density at radius 1 is 1.03 bits per heavy atom. The van der Waals surface area contributed by atoms with Crippen molar-refractivity contribution in [3.63, 3.8) is 0 Å². The summed E-state index contributed by atoms with van der Waals surface area (Å²) in [6.45, 7) is 5.14. The highest BCUT2D eigenvalue weighted by Crippen LogP contribution is 2.60. The normalized spacial score (nSPS) is 42.5. The summed E-state index contributed by atoms with van der Waals surface area (Å²) in [5.41, 5.74) is 2.24. The van der Waals surface area contributed by atoms with Crippen LogP contribution in [0.5, 0.6) is 0 Å². The summed E-state index contributed by atoms with van der Waals surface area (Å²) < 4.78 is 12.7. The SMILES string of the molecule is C[C@@H]1CC[C@H]2[C@@H](CCCc3ccc(N(C)C)cc3)CO[C@@H]3O[C@]4(C)CC[C@@H]1[C@]32OO4. The zero-order valence-electron chi connectivity index (χ0n) is 18.9. The number of fused-ring (bicyclic) bond motifs is 2. The molecule has 7 atom stereocenters. The van der Waals surface area contributed by atoms with Crippen LogP contribution < -0.4 is 4.90 Å². The van der Waals surface area contributed by atoms with Crippen molar-refractivity contribution in [1.29, 1.82) is 0 Å². The van der Waals surface area contributed by atoms with Crippen molar-refractivity contribution in [1.82, 2.24) is 0 Å². The molecule has 6 rings (SSSR count). The van der Waals surface area contributed by atoms with Crippen LogP contribution in [0.15, 0.2) is 24.3 Å². The molecular weight excluding hydrogens is 378 g/mol.